The van der Waals surface area contributed by atoms with Crippen molar-refractivity contribution in [1.29, 1.82) is 0 Å². The van der Waals surface area contributed by atoms with Crippen LogP contribution in [0.5, 0.6) is 0 Å². The minimum Gasteiger partial charge on any atom is -0.465 e. The molecule has 0 bridgehead atoms. The van der Waals surface area contributed by atoms with E-state index in [0.717, 1.165) is 21.9 Å². The van der Waals surface area contributed by atoms with Gasteiger partial charge in [0.2, 0.25) is 5.91 Å². The summed E-state index contributed by atoms with van der Waals surface area (Å²) in [7, 11) is 1.60. The van der Waals surface area contributed by atoms with Gasteiger partial charge in [-0.3, -0.25) is 4.79 Å². The van der Waals surface area contributed by atoms with Gasteiger partial charge in [0.05, 0.1) is 6.04 Å². The highest BCUT2D eigenvalue weighted by Gasteiger charge is 2.20. The summed E-state index contributed by atoms with van der Waals surface area (Å²) in [6, 6.07) is 23.1. The average Bonchev–Trinajstić information content (AvgIpc) is 2.76. The summed E-state index contributed by atoms with van der Waals surface area (Å²) in [6.45, 7) is 0.337. The molecule has 3 aromatic rings. The molecule has 156 valence electrons. The fraction of sp³-hybridized carbons (Fsp3) is 0.250. The van der Waals surface area contributed by atoms with Crippen LogP contribution in [0.25, 0.3) is 10.8 Å². The Morgan fingerprint density at radius 1 is 0.867 bits per heavy atom. The first-order valence-electron chi connectivity index (χ1n) is 10.0. The Bertz CT molecular complexity index is 991. The van der Waals surface area contributed by atoms with Crippen LogP contribution in [0.4, 0.5) is 4.79 Å². The molecule has 0 spiro atoms. The maximum Gasteiger partial charge on any atom is 0.404 e. The van der Waals surface area contributed by atoms with Crippen molar-refractivity contribution in [1.82, 2.24) is 16.0 Å². The molecule has 0 aliphatic carbocycles. The number of hydrogen-bond acceptors (Lipinski definition) is 3. The summed E-state index contributed by atoms with van der Waals surface area (Å²) >= 11 is 0. The van der Waals surface area contributed by atoms with Gasteiger partial charge in [0.25, 0.3) is 0 Å². The van der Waals surface area contributed by atoms with Crippen molar-refractivity contribution in [3.63, 3.8) is 0 Å². The molecule has 3 rings (SSSR count). The first-order valence-corrected chi connectivity index (χ1v) is 10.0. The highest BCUT2D eigenvalue weighted by molar-refractivity contribution is 5.83. The number of carboxylic acid groups (broad SMARTS) is 1. The molecule has 0 aliphatic heterocycles. The van der Waals surface area contributed by atoms with Crippen molar-refractivity contribution < 1.29 is 14.7 Å². The minimum absolute atomic E-state index is 0.126. The summed E-state index contributed by atoms with van der Waals surface area (Å²) in [4.78, 5) is 23.7. The summed E-state index contributed by atoms with van der Waals surface area (Å²) in [5, 5.41) is 20.0. The van der Waals surface area contributed by atoms with Crippen LogP contribution in [0, 0.1) is 0 Å². The predicted octanol–water partition coefficient (Wildman–Crippen LogP) is 2.97. The van der Waals surface area contributed by atoms with Gasteiger partial charge in [-0.2, -0.15) is 0 Å². The van der Waals surface area contributed by atoms with Crippen molar-refractivity contribution in [2.24, 2.45) is 0 Å². The number of carbonyl (C=O) groups excluding carboxylic acids is 1. The number of hydrogen-bond donors (Lipinski definition) is 4. The van der Waals surface area contributed by atoms with Crippen LogP contribution in [0.1, 0.15) is 11.1 Å². The van der Waals surface area contributed by atoms with E-state index in [9.17, 15) is 14.7 Å². The molecule has 0 fully saturated rings. The van der Waals surface area contributed by atoms with Gasteiger partial charge >= 0.3 is 6.09 Å². The van der Waals surface area contributed by atoms with E-state index >= 15 is 0 Å². The fourth-order valence-corrected chi connectivity index (χ4v) is 3.57. The maximum atomic E-state index is 12.3. The number of likely N-dealkylation sites (N-methyl/N-ethyl adjacent to an activating group) is 1. The molecule has 3 aromatic carbocycles. The Labute approximate surface area is 176 Å². The van der Waals surface area contributed by atoms with Gasteiger partial charge in [-0.25, -0.2) is 4.79 Å². The van der Waals surface area contributed by atoms with Gasteiger partial charge in [0.1, 0.15) is 0 Å². The normalized spacial score (nSPS) is 12.8. The first kappa shape index (κ1) is 21.3. The lowest BCUT2D eigenvalue weighted by atomic mass is 10.0. The molecule has 2 atom stereocenters. The third kappa shape index (κ3) is 6.06. The Kier molecular flexibility index (Phi) is 7.40. The molecule has 0 saturated carbocycles. The highest BCUT2D eigenvalue weighted by atomic mass is 16.4. The Morgan fingerprint density at radius 2 is 1.57 bits per heavy atom. The second-order valence-corrected chi connectivity index (χ2v) is 7.30. The number of amides is 2. The number of nitrogens with one attached hydrogen (secondary N) is 3. The third-order valence-electron chi connectivity index (χ3n) is 5.08. The third-order valence-corrected chi connectivity index (χ3v) is 5.08. The molecule has 0 radical (unpaired) electrons. The van der Waals surface area contributed by atoms with Gasteiger partial charge in [-0.1, -0.05) is 72.8 Å². The molecule has 6 nitrogen and oxygen atoms in total. The van der Waals surface area contributed by atoms with E-state index < -0.39 is 12.1 Å². The van der Waals surface area contributed by atoms with E-state index in [0.29, 0.717) is 19.4 Å². The SMILES string of the molecule is CNC(=O)[C@@H](Cc1ccccc1)NC[C@@H](Cc1ccc2ccccc2c1)NC(=O)O. The molecule has 4 N–H and O–H groups in total. The zero-order valence-corrected chi connectivity index (χ0v) is 17.0. The number of fused-ring (bicyclic) bond motifs is 1. The zero-order chi connectivity index (χ0) is 21.3. The second kappa shape index (κ2) is 10.4. The maximum absolute atomic E-state index is 12.3. The largest absolute Gasteiger partial charge is 0.465 e. The standard InChI is InChI=1S/C24H27N3O3/c1-25-23(28)22(15-17-7-3-2-4-8-17)26-16-21(27-24(29)30)14-18-11-12-19-9-5-6-10-20(19)13-18/h2-13,21-22,26-27H,14-16H2,1H3,(H,25,28)(H,29,30)/t21-,22-/m1/s1. The van der Waals surface area contributed by atoms with Gasteiger partial charge in [-0.15, -0.1) is 0 Å². The number of carbonyl (C=O) groups is 2. The second-order valence-electron chi connectivity index (χ2n) is 7.30. The van der Waals surface area contributed by atoms with Crippen LogP contribution < -0.4 is 16.0 Å². The summed E-state index contributed by atoms with van der Waals surface area (Å²) < 4.78 is 0. The molecule has 6 heteroatoms. The average molecular weight is 405 g/mol. The van der Waals surface area contributed by atoms with Gasteiger partial charge in [-0.05, 0) is 34.7 Å². The van der Waals surface area contributed by atoms with Crippen LogP contribution in [0.2, 0.25) is 0 Å². The van der Waals surface area contributed by atoms with Crippen molar-refractivity contribution in [2.45, 2.75) is 24.9 Å². The summed E-state index contributed by atoms with van der Waals surface area (Å²) in [5.41, 5.74) is 2.07. The smallest absolute Gasteiger partial charge is 0.404 e. The van der Waals surface area contributed by atoms with Crippen LogP contribution in [0.15, 0.2) is 72.8 Å². The molecule has 0 heterocycles. The first-order chi connectivity index (χ1) is 14.5. The number of rotatable bonds is 9. The topological polar surface area (TPSA) is 90.5 Å². The van der Waals surface area contributed by atoms with E-state index in [-0.39, 0.29) is 11.9 Å². The van der Waals surface area contributed by atoms with Crippen molar-refractivity contribution in [2.75, 3.05) is 13.6 Å². The monoisotopic (exact) mass is 405 g/mol. The van der Waals surface area contributed by atoms with Gasteiger partial charge < -0.3 is 21.1 Å². The fourth-order valence-electron chi connectivity index (χ4n) is 3.57. The van der Waals surface area contributed by atoms with Crippen LogP contribution in [-0.2, 0) is 17.6 Å². The van der Waals surface area contributed by atoms with Crippen molar-refractivity contribution in [3.8, 4) is 0 Å². The predicted molar refractivity (Wildman–Crippen MR) is 119 cm³/mol. The molecule has 0 aliphatic rings. The van der Waals surface area contributed by atoms with Crippen LogP contribution >= 0.6 is 0 Å². The zero-order valence-electron chi connectivity index (χ0n) is 17.0. The molecule has 0 saturated heterocycles. The molecule has 0 unspecified atom stereocenters. The quantitative estimate of drug-likeness (QED) is 0.441. The highest BCUT2D eigenvalue weighted by Crippen LogP contribution is 2.16. The molecular formula is C24H27N3O3. The minimum atomic E-state index is -1.08. The van der Waals surface area contributed by atoms with Crippen LogP contribution in [0.3, 0.4) is 0 Å². The Hall–Kier alpha value is -3.38. The van der Waals surface area contributed by atoms with E-state index in [1.807, 2.05) is 66.7 Å². The van der Waals surface area contributed by atoms with E-state index in [4.69, 9.17) is 0 Å². The lowest BCUT2D eigenvalue weighted by Gasteiger charge is -2.23. The molecule has 30 heavy (non-hydrogen) atoms. The Balaban J connectivity index is 1.70. The van der Waals surface area contributed by atoms with E-state index in [1.54, 1.807) is 7.05 Å². The molecule has 0 aromatic heterocycles. The van der Waals surface area contributed by atoms with Crippen LogP contribution in [-0.4, -0.2) is 42.8 Å². The van der Waals surface area contributed by atoms with E-state index in [1.165, 1.54) is 0 Å². The van der Waals surface area contributed by atoms with Gasteiger partial charge in [0, 0.05) is 19.6 Å². The van der Waals surface area contributed by atoms with Crippen molar-refractivity contribution >= 4 is 22.8 Å². The lowest BCUT2D eigenvalue weighted by Crippen LogP contribution is -2.50. The Morgan fingerprint density at radius 3 is 2.27 bits per heavy atom. The molecule has 2 amide bonds. The van der Waals surface area contributed by atoms with E-state index in [2.05, 4.69) is 22.0 Å². The number of benzene rings is 3. The van der Waals surface area contributed by atoms with Crippen molar-refractivity contribution in [3.05, 3.63) is 83.9 Å². The molecular weight excluding hydrogens is 378 g/mol. The summed E-state index contributed by atoms with van der Waals surface area (Å²) in [6.07, 6.45) is -0.0335. The van der Waals surface area contributed by atoms with Gasteiger partial charge in [0.15, 0.2) is 0 Å². The lowest BCUT2D eigenvalue weighted by molar-refractivity contribution is -0.122. The summed E-state index contributed by atoms with van der Waals surface area (Å²) in [5.74, 6) is -0.126.